The lowest BCUT2D eigenvalue weighted by Crippen LogP contribution is -2.48. The molecule has 0 bridgehead atoms. The molecule has 1 saturated heterocycles. The Kier molecular flexibility index (Phi) is 2.64. The van der Waals surface area contributed by atoms with Gasteiger partial charge in [-0.3, -0.25) is 0 Å². The Morgan fingerprint density at radius 1 is 1.32 bits per heavy atom. The molecule has 0 aromatic carbocycles. The van der Waals surface area contributed by atoms with Gasteiger partial charge in [-0.2, -0.15) is 0 Å². The van der Waals surface area contributed by atoms with Crippen LogP contribution in [-0.2, 0) is 9.53 Å². The maximum absolute atomic E-state index is 11.7. The molecule has 106 valence electrons. The molecule has 0 amide bonds. The molecular weight excluding hydrogens is 244 g/mol. The van der Waals surface area contributed by atoms with Crippen LogP contribution in [0.5, 0.6) is 0 Å². The summed E-state index contributed by atoms with van der Waals surface area (Å²) in [4.78, 5) is 11.7. The van der Waals surface area contributed by atoms with Crippen molar-refractivity contribution >= 4 is 5.97 Å². The van der Waals surface area contributed by atoms with Gasteiger partial charge in [0.25, 0.3) is 0 Å². The number of ether oxygens (including phenoxy) is 1. The second-order valence-corrected chi connectivity index (χ2v) is 7.28. The lowest BCUT2D eigenvalue weighted by Gasteiger charge is -2.32. The third-order valence-electron chi connectivity index (χ3n) is 5.24. The molecule has 2 aliphatic carbocycles. The van der Waals surface area contributed by atoms with E-state index in [1.54, 1.807) is 0 Å². The average Bonchev–Trinajstić information content (AvgIpc) is 2.78. The van der Waals surface area contributed by atoms with Crippen LogP contribution in [-0.4, -0.2) is 34.5 Å². The Morgan fingerprint density at radius 2 is 1.95 bits per heavy atom. The molecule has 19 heavy (non-hydrogen) atoms. The van der Waals surface area contributed by atoms with Gasteiger partial charge in [-0.15, -0.1) is 0 Å². The van der Waals surface area contributed by atoms with E-state index in [1.165, 1.54) is 0 Å². The molecule has 0 radical (unpaired) electrons. The van der Waals surface area contributed by atoms with Crippen LogP contribution in [0.4, 0.5) is 0 Å². The quantitative estimate of drug-likeness (QED) is 0.648. The number of esters is 1. The van der Waals surface area contributed by atoms with Crippen LogP contribution in [0.1, 0.15) is 33.6 Å². The topological polar surface area (TPSA) is 66.8 Å². The highest BCUT2D eigenvalue weighted by molar-refractivity contribution is 5.93. The summed E-state index contributed by atoms with van der Waals surface area (Å²) in [6, 6.07) is 0. The van der Waals surface area contributed by atoms with Crippen LogP contribution >= 0.6 is 0 Å². The maximum Gasteiger partial charge on any atom is 0.336 e. The third kappa shape index (κ3) is 1.77. The minimum absolute atomic E-state index is 0.0262. The summed E-state index contributed by atoms with van der Waals surface area (Å²) in [6.45, 7) is 6.35. The smallest absolute Gasteiger partial charge is 0.336 e. The Morgan fingerprint density at radius 3 is 2.63 bits per heavy atom. The number of rotatable bonds is 0. The second kappa shape index (κ2) is 3.83. The van der Waals surface area contributed by atoms with Crippen LogP contribution < -0.4 is 0 Å². The van der Waals surface area contributed by atoms with Crippen molar-refractivity contribution < 1.29 is 19.7 Å². The molecule has 3 rings (SSSR count). The molecule has 4 nitrogen and oxygen atoms in total. The summed E-state index contributed by atoms with van der Waals surface area (Å²) in [5, 5.41) is 21.3. The van der Waals surface area contributed by atoms with E-state index in [-0.39, 0.29) is 29.4 Å². The Bertz CT molecular complexity index is 453. The molecular formula is C15H22O4. The molecule has 1 aliphatic heterocycles. The molecule has 5 atom stereocenters. The van der Waals surface area contributed by atoms with Crippen molar-refractivity contribution in [2.45, 2.75) is 45.3 Å². The average molecular weight is 266 g/mol. The Hall–Kier alpha value is -0.870. The van der Waals surface area contributed by atoms with Gasteiger partial charge >= 0.3 is 5.97 Å². The van der Waals surface area contributed by atoms with E-state index in [9.17, 15) is 15.0 Å². The minimum Gasteiger partial charge on any atom is -0.459 e. The zero-order valence-corrected chi connectivity index (χ0v) is 11.7. The normalized spacial score (nSPS) is 48.1. The largest absolute Gasteiger partial charge is 0.459 e. The fourth-order valence-electron chi connectivity index (χ4n) is 4.29. The van der Waals surface area contributed by atoms with Gasteiger partial charge < -0.3 is 14.9 Å². The van der Waals surface area contributed by atoms with Crippen LogP contribution in [0.2, 0.25) is 0 Å². The molecule has 0 aromatic heterocycles. The van der Waals surface area contributed by atoms with E-state index in [0.29, 0.717) is 5.92 Å². The van der Waals surface area contributed by atoms with E-state index in [1.807, 2.05) is 6.08 Å². The van der Waals surface area contributed by atoms with Gasteiger partial charge in [0.15, 0.2) is 5.60 Å². The highest BCUT2D eigenvalue weighted by atomic mass is 16.6. The SMILES string of the molecule is C[C@@H]1C=C2C(=O)OC[C@]2(O)[C@@H](O)[C@@H]2CC(C)(C)C[C@@H]21. The highest BCUT2D eigenvalue weighted by Gasteiger charge is 2.58. The minimum atomic E-state index is -1.51. The maximum atomic E-state index is 11.7. The zero-order chi connectivity index (χ0) is 14.0. The first kappa shape index (κ1) is 13.1. The standard InChI is InChI=1S/C15H22O4/c1-8-4-11-13(17)19-7-15(11,18)12(16)10-6-14(2,3)5-9(8)10/h4,8-10,12,16,18H,5-7H2,1-3H3/t8-,9-,10-,12+,15-/m1/s1. The van der Waals surface area contributed by atoms with Crippen molar-refractivity contribution in [1.82, 2.24) is 0 Å². The van der Waals surface area contributed by atoms with Gasteiger partial charge in [0.05, 0.1) is 11.7 Å². The fraction of sp³-hybridized carbons (Fsp3) is 0.800. The van der Waals surface area contributed by atoms with E-state index in [2.05, 4.69) is 20.8 Å². The van der Waals surface area contributed by atoms with Crippen molar-refractivity contribution in [3.05, 3.63) is 11.6 Å². The Balaban J connectivity index is 2.05. The molecule has 2 fully saturated rings. The summed E-state index contributed by atoms with van der Waals surface area (Å²) in [5.74, 6) is 0.0434. The molecule has 0 aromatic rings. The van der Waals surface area contributed by atoms with Crippen molar-refractivity contribution in [2.24, 2.45) is 23.2 Å². The first-order chi connectivity index (χ1) is 8.74. The van der Waals surface area contributed by atoms with Crippen LogP contribution in [0.25, 0.3) is 0 Å². The molecule has 0 spiro atoms. The summed E-state index contributed by atoms with van der Waals surface area (Å²) in [7, 11) is 0. The zero-order valence-electron chi connectivity index (χ0n) is 11.7. The highest BCUT2D eigenvalue weighted by Crippen LogP contribution is 2.54. The number of aliphatic hydroxyl groups excluding tert-OH is 1. The lowest BCUT2D eigenvalue weighted by atomic mass is 9.79. The van der Waals surface area contributed by atoms with E-state index in [4.69, 9.17) is 4.74 Å². The van der Waals surface area contributed by atoms with Gasteiger partial charge in [0, 0.05) is 0 Å². The second-order valence-electron chi connectivity index (χ2n) is 7.28. The fourth-order valence-corrected chi connectivity index (χ4v) is 4.29. The lowest BCUT2D eigenvalue weighted by molar-refractivity contribution is -0.136. The monoisotopic (exact) mass is 266 g/mol. The number of carbonyl (C=O) groups is 1. The van der Waals surface area contributed by atoms with Crippen LogP contribution in [0.15, 0.2) is 11.6 Å². The molecule has 1 heterocycles. The number of aliphatic hydroxyl groups is 2. The molecule has 1 saturated carbocycles. The summed E-state index contributed by atoms with van der Waals surface area (Å²) in [5.41, 5.74) is -1.07. The summed E-state index contributed by atoms with van der Waals surface area (Å²) in [6.07, 6.45) is 2.80. The van der Waals surface area contributed by atoms with Crippen molar-refractivity contribution in [3.63, 3.8) is 0 Å². The van der Waals surface area contributed by atoms with E-state index >= 15 is 0 Å². The van der Waals surface area contributed by atoms with Gasteiger partial charge in [-0.1, -0.05) is 26.8 Å². The summed E-state index contributed by atoms with van der Waals surface area (Å²) < 4.78 is 4.96. The summed E-state index contributed by atoms with van der Waals surface area (Å²) >= 11 is 0. The van der Waals surface area contributed by atoms with Gasteiger partial charge in [0.2, 0.25) is 0 Å². The number of hydrogen-bond donors (Lipinski definition) is 2. The molecule has 0 unspecified atom stereocenters. The van der Waals surface area contributed by atoms with Crippen LogP contribution in [0, 0.1) is 23.2 Å². The van der Waals surface area contributed by atoms with Crippen LogP contribution in [0.3, 0.4) is 0 Å². The van der Waals surface area contributed by atoms with Gasteiger partial charge in [0.1, 0.15) is 6.61 Å². The van der Waals surface area contributed by atoms with E-state index < -0.39 is 17.7 Å². The predicted molar refractivity (Wildman–Crippen MR) is 69.2 cm³/mol. The molecule has 3 aliphatic rings. The number of carbonyl (C=O) groups excluding carboxylic acids is 1. The third-order valence-corrected chi connectivity index (χ3v) is 5.24. The first-order valence-corrected chi connectivity index (χ1v) is 7.04. The van der Waals surface area contributed by atoms with Gasteiger partial charge in [-0.05, 0) is 36.0 Å². The van der Waals surface area contributed by atoms with Crippen molar-refractivity contribution in [3.8, 4) is 0 Å². The van der Waals surface area contributed by atoms with Gasteiger partial charge in [-0.25, -0.2) is 4.79 Å². The molecule has 2 N–H and O–H groups in total. The number of cyclic esters (lactones) is 1. The molecule has 4 heteroatoms. The first-order valence-electron chi connectivity index (χ1n) is 7.04. The number of allylic oxidation sites excluding steroid dienone is 1. The predicted octanol–water partition coefficient (Wildman–Crippen LogP) is 1.26. The Labute approximate surface area is 113 Å². The number of hydrogen-bond acceptors (Lipinski definition) is 4. The van der Waals surface area contributed by atoms with Crippen molar-refractivity contribution in [2.75, 3.05) is 6.61 Å². The van der Waals surface area contributed by atoms with Crippen molar-refractivity contribution in [1.29, 1.82) is 0 Å². The van der Waals surface area contributed by atoms with E-state index in [0.717, 1.165) is 12.8 Å². The number of fused-ring (bicyclic) bond motifs is 2.